The van der Waals surface area contributed by atoms with Gasteiger partial charge in [-0.1, -0.05) is 26.0 Å². The molecule has 0 aromatic heterocycles. The van der Waals surface area contributed by atoms with Crippen LogP contribution in [0.4, 0.5) is 10.5 Å². The number of anilines is 1. The van der Waals surface area contributed by atoms with Crippen LogP contribution >= 0.6 is 0 Å². The highest BCUT2D eigenvalue weighted by atomic mass is 16.6. The molecule has 0 fully saturated rings. The van der Waals surface area contributed by atoms with E-state index in [9.17, 15) is 9.59 Å². The SMILES string of the molecule is CC.CC(=O)c1ccc(NC(=O)Oc2cccc(C)c2)cc1.[HH]. The zero-order chi connectivity index (χ0) is 16.5. The Bertz CT molecular complexity index is 639. The van der Waals surface area contributed by atoms with Gasteiger partial charge in [-0.05, 0) is 55.8 Å². The number of hydrogen-bond acceptors (Lipinski definition) is 3. The van der Waals surface area contributed by atoms with E-state index in [4.69, 9.17) is 4.74 Å². The third-order valence-corrected chi connectivity index (χ3v) is 2.74. The third-order valence-electron chi connectivity index (χ3n) is 2.74. The van der Waals surface area contributed by atoms with Gasteiger partial charge in [0, 0.05) is 12.7 Å². The molecule has 0 spiro atoms. The molecular formula is C18H23NO3. The van der Waals surface area contributed by atoms with Crippen LogP contribution in [0.3, 0.4) is 0 Å². The van der Waals surface area contributed by atoms with E-state index in [1.54, 1.807) is 36.4 Å². The van der Waals surface area contributed by atoms with Gasteiger partial charge in [-0.3, -0.25) is 10.1 Å². The molecule has 0 atom stereocenters. The standard InChI is InChI=1S/C16H15NO3.C2H6.H2/c1-11-4-3-5-15(10-11)20-16(19)17-14-8-6-13(7-9-14)12(2)18;1-2;/h3-10H,1-2H3,(H,17,19);1-2H3;1H. The van der Waals surface area contributed by atoms with Crippen molar-refractivity contribution in [1.29, 1.82) is 0 Å². The normalized spacial score (nSPS) is 9.27. The Balaban J connectivity index is 0.00000155. The number of hydrogen-bond donors (Lipinski definition) is 1. The van der Waals surface area contributed by atoms with Crippen molar-refractivity contribution in [1.82, 2.24) is 0 Å². The van der Waals surface area contributed by atoms with Crippen molar-refractivity contribution in [3.05, 3.63) is 59.7 Å². The van der Waals surface area contributed by atoms with Crippen LogP contribution in [0.5, 0.6) is 5.75 Å². The van der Waals surface area contributed by atoms with E-state index >= 15 is 0 Å². The van der Waals surface area contributed by atoms with Crippen molar-refractivity contribution >= 4 is 17.6 Å². The fraction of sp³-hybridized carbons (Fsp3) is 0.222. The highest BCUT2D eigenvalue weighted by Gasteiger charge is 2.06. The number of ether oxygens (including phenoxy) is 1. The molecule has 0 saturated carbocycles. The summed E-state index contributed by atoms with van der Waals surface area (Å²) in [5, 5.41) is 2.60. The Kier molecular flexibility index (Phi) is 6.83. The third kappa shape index (κ3) is 5.40. The maximum Gasteiger partial charge on any atom is 0.417 e. The van der Waals surface area contributed by atoms with Gasteiger partial charge in [-0.2, -0.15) is 0 Å². The molecule has 4 heteroatoms. The molecule has 0 aliphatic heterocycles. The van der Waals surface area contributed by atoms with Gasteiger partial charge in [0.15, 0.2) is 5.78 Å². The summed E-state index contributed by atoms with van der Waals surface area (Å²) in [5.41, 5.74) is 2.19. The monoisotopic (exact) mass is 301 g/mol. The van der Waals surface area contributed by atoms with Gasteiger partial charge in [-0.15, -0.1) is 0 Å². The van der Waals surface area contributed by atoms with E-state index in [-0.39, 0.29) is 7.21 Å². The highest BCUT2D eigenvalue weighted by molar-refractivity contribution is 5.95. The topological polar surface area (TPSA) is 55.4 Å². The number of nitrogens with one attached hydrogen (secondary N) is 1. The second-order valence-corrected chi connectivity index (χ2v) is 4.46. The molecule has 22 heavy (non-hydrogen) atoms. The smallest absolute Gasteiger partial charge is 0.410 e. The quantitative estimate of drug-likeness (QED) is 0.804. The Morgan fingerprint density at radius 3 is 2.23 bits per heavy atom. The second kappa shape index (κ2) is 8.62. The second-order valence-electron chi connectivity index (χ2n) is 4.46. The first kappa shape index (κ1) is 17.4. The van der Waals surface area contributed by atoms with Crippen molar-refractivity contribution in [3.63, 3.8) is 0 Å². The van der Waals surface area contributed by atoms with Crippen molar-refractivity contribution in [2.75, 3.05) is 5.32 Å². The molecule has 0 radical (unpaired) electrons. The van der Waals surface area contributed by atoms with Gasteiger partial charge in [0.25, 0.3) is 0 Å². The molecule has 0 saturated heterocycles. The minimum atomic E-state index is -0.564. The molecule has 0 aliphatic carbocycles. The summed E-state index contributed by atoms with van der Waals surface area (Å²) < 4.78 is 5.16. The lowest BCUT2D eigenvalue weighted by Crippen LogP contribution is -2.16. The lowest BCUT2D eigenvalue weighted by Gasteiger charge is -2.07. The number of benzene rings is 2. The van der Waals surface area contributed by atoms with Crippen molar-refractivity contribution in [2.24, 2.45) is 0 Å². The van der Waals surface area contributed by atoms with Gasteiger partial charge in [0.1, 0.15) is 5.75 Å². The number of carbonyl (C=O) groups is 2. The van der Waals surface area contributed by atoms with Gasteiger partial charge in [0.2, 0.25) is 0 Å². The van der Waals surface area contributed by atoms with Crippen LogP contribution in [0, 0.1) is 6.92 Å². The van der Waals surface area contributed by atoms with Gasteiger partial charge < -0.3 is 4.74 Å². The maximum atomic E-state index is 11.7. The summed E-state index contributed by atoms with van der Waals surface area (Å²) >= 11 is 0. The Morgan fingerprint density at radius 1 is 1.05 bits per heavy atom. The molecule has 2 rings (SSSR count). The van der Waals surface area contributed by atoms with Crippen LogP contribution in [0.1, 0.15) is 38.1 Å². The number of amides is 1. The summed E-state index contributed by atoms with van der Waals surface area (Å²) in [7, 11) is 0. The van der Waals surface area contributed by atoms with Gasteiger partial charge in [-0.25, -0.2) is 4.79 Å². The lowest BCUT2D eigenvalue weighted by molar-refractivity contribution is 0.101. The molecule has 118 valence electrons. The van der Waals surface area contributed by atoms with Crippen LogP contribution < -0.4 is 10.1 Å². The molecule has 0 unspecified atom stereocenters. The summed E-state index contributed by atoms with van der Waals surface area (Å²) in [6.45, 7) is 7.42. The van der Waals surface area contributed by atoms with E-state index in [0.717, 1.165) is 5.56 Å². The molecule has 4 nitrogen and oxygen atoms in total. The van der Waals surface area contributed by atoms with E-state index in [1.807, 2.05) is 32.9 Å². The van der Waals surface area contributed by atoms with Crippen LogP contribution in [0.2, 0.25) is 0 Å². The first-order valence-electron chi connectivity index (χ1n) is 7.21. The average molecular weight is 301 g/mol. The summed E-state index contributed by atoms with van der Waals surface area (Å²) in [6.07, 6.45) is -0.564. The molecule has 2 aromatic rings. The van der Waals surface area contributed by atoms with Crippen molar-refractivity contribution < 1.29 is 15.8 Å². The molecule has 1 N–H and O–H groups in total. The Hall–Kier alpha value is -2.62. The van der Waals surface area contributed by atoms with Crippen molar-refractivity contribution in [3.8, 4) is 5.75 Å². The largest absolute Gasteiger partial charge is 0.417 e. The number of aryl methyl sites for hydroxylation is 1. The fourth-order valence-electron chi connectivity index (χ4n) is 1.72. The number of carbonyl (C=O) groups excluding carboxylic acids is 2. The predicted octanol–water partition coefficient (Wildman–Crippen LogP) is 5.08. The first-order chi connectivity index (χ1) is 10.5. The first-order valence-corrected chi connectivity index (χ1v) is 7.21. The highest BCUT2D eigenvalue weighted by Crippen LogP contribution is 2.14. The minimum absolute atomic E-state index is 0. The number of Topliss-reactive ketones (excluding diaryl/α,β-unsaturated/α-hetero) is 1. The van der Waals surface area contributed by atoms with Crippen LogP contribution in [0.15, 0.2) is 48.5 Å². The molecule has 1 amide bonds. The molecule has 0 aliphatic rings. The molecular weight excluding hydrogens is 278 g/mol. The van der Waals surface area contributed by atoms with E-state index < -0.39 is 6.09 Å². The van der Waals surface area contributed by atoms with Gasteiger partial charge >= 0.3 is 6.09 Å². The summed E-state index contributed by atoms with van der Waals surface area (Å²) in [6, 6.07) is 13.9. The zero-order valence-electron chi connectivity index (χ0n) is 13.3. The minimum Gasteiger partial charge on any atom is -0.410 e. The molecule has 0 heterocycles. The average Bonchev–Trinajstić information content (AvgIpc) is 2.49. The van der Waals surface area contributed by atoms with E-state index in [2.05, 4.69) is 5.32 Å². The van der Waals surface area contributed by atoms with Crippen LogP contribution in [-0.4, -0.2) is 11.9 Å². The van der Waals surface area contributed by atoms with Crippen LogP contribution in [0.25, 0.3) is 0 Å². The van der Waals surface area contributed by atoms with Gasteiger partial charge in [0.05, 0.1) is 0 Å². The number of ketones is 1. The Morgan fingerprint density at radius 2 is 1.68 bits per heavy atom. The molecule has 2 aromatic carbocycles. The molecule has 0 bridgehead atoms. The Labute approximate surface area is 132 Å². The van der Waals surface area contributed by atoms with E-state index in [1.165, 1.54) is 6.92 Å². The zero-order valence-corrected chi connectivity index (χ0v) is 13.3. The van der Waals surface area contributed by atoms with Crippen LogP contribution in [-0.2, 0) is 0 Å². The van der Waals surface area contributed by atoms with E-state index in [0.29, 0.717) is 17.0 Å². The predicted molar refractivity (Wildman–Crippen MR) is 90.7 cm³/mol. The maximum absolute atomic E-state index is 11.7. The lowest BCUT2D eigenvalue weighted by atomic mass is 10.1. The fourth-order valence-corrected chi connectivity index (χ4v) is 1.72. The summed E-state index contributed by atoms with van der Waals surface area (Å²) in [4.78, 5) is 22.9. The number of rotatable bonds is 3. The summed E-state index contributed by atoms with van der Waals surface area (Å²) in [5.74, 6) is 0.474. The van der Waals surface area contributed by atoms with Crippen molar-refractivity contribution in [2.45, 2.75) is 27.7 Å².